The van der Waals surface area contributed by atoms with Gasteiger partial charge < -0.3 is 15.4 Å². The SMILES string of the molecule is CC(CC(C)(OCc1ccccc1)C(N)=O)C(=O)N(C)[C@H](CCc1ccccc1)C(=O)NN(C)C. The van der Waals surface area contributed by atoms with Crippen molar-refractivity contribution >= 4 is 17.7 Å². The summed E-state index contributed by atoms with van der Waals surface area (Å²) in [6, 6.07) is 18.6. The highest BCUT2D eigenvalue weighted by atomic mass is 16.5. The van der Waals surface area contributed by atoms with Gasteiger partial charge in [-0.3, -0.25) is 19.8 Å². The number of carbonyl (C=O) groups is 3. The number of ether oxygens (including phenoxy) is 1. The molecule has 8 heteroatoms. The summed E-state index contributed by atoms with van der Waals surface area (Å²) in [4.78, 5) is 40.1. The van der Waals surface area contributed by atoms with Gasteiger partial charge >= 0.3 is 0 Å². The van der Waals surface area contributed by atoms with Crippen LogP contribution in [0.2, 0.25) is 0 Å². The maximum atomic E-state index is 13.4. The number of nitrogens with zero attached hydrogens (tertiary/aromatic N) is 2. The molecule has 0 bridgehead atoms. The van der Waals surface area contributed by atoms with Crippen LogP contribution in [0.25, 0.3) is 0 Å². The minimum Gasteiger partial charge on any atom is -0.367 e. The number of benzene rings is 2. The fourth-order valence-corrected chi connectivity index (χ4v) is 3.96. The third-order valence-corrected chi connectivity index (χ3v) is 6.04. The Morgan fingerprint density at radius 2 is 1.51 bits per heavy atom. The van der Waals surface area contributed by atoms with E-state index >= 15 is 0 Å². The second kappa shape index (κ2) is 13.0. The van der Waals surface area contributed by atoms with Gasteiger partial charge in [-0.2, -0.15) is 0 Å². The van der Waals surface area contributed by atoms with Crippen LogP contribution in [0.1, 0.15) is 37.8 Å². The van der Waals surface area contributed by atoms with Gasteiger partial charge in [-0.05, 0) is 37.3 Å². The molecule has 3 N–H and O–H groups in total. The van der Waals surface area contributed by atoms with Gasteiger partial charge in [0.2, 0.25) is 11.8 Å². The first-order valence-electron chi connectivity index (χ1n) is 11.8. The van der Waals surface area contributed by atoms with E-state index in [0.29, 0.717) is 12.8 Å². The Labute approximate surface area is 208 Å². The summed E-state index contributed by atoms with van der Waals surface area (Å²) in [5, 5.41) is 1.56. The molecular weight excluding hydrogens is 444 g/mol. The number of nitrogens with one attached hydrogen (secondary N) is 1. The Balaban J connectivity index is 2.12. The molecule has 0 aliphatic rings. The number of carbonyl (C=O) groups excluding carboxylic acids is 3. The van der Waals surface area contributed by atoms with E-state index < -0.39 is 23.5 Å². The van der Waals surface area contributed by atoms with E-state index in [1.807, 2.05) is 60.7 Å². The summed E-state index contributed by atoms with van der Waals surface area (Å²) in [6.45, 7) is 3.53. The standard InChI is InChI=1S/C27H38N4O4/c1-20(18-27(2,26(28)34)35-19-22-14-10-7-11-15-22)25(33)31(5)23(24(32)29-30(3)4)17-16-21-12-8-6-9-13-21/h6-15,20,23H,16-19H2,1-5H3,(H2,28,34)(H,29,32)/t20?,23-,27?/m1/s1. The number of nitrogens with two attached hydrogens (primary N) is 1. The molecule has 3 amide bonds. The van der Waals surface area contributed by atoms with E-state index in [0.717, 1.165) is 11.1 Å². The molecule has 0 radical (unpaired) electrons. The van der Waals surface area contributed by atoms with Crippen molar-refractivity contribution in [3.63, 3.8) is 0 Å². The van der Waals surface area contributed by atoms with Crippen LogP contribution >= 0.6 is 0 Å². The Morgan fingerprint density at radius 1 is 0.971 bits per heavy atom. The molecule has 0 heterocycles. The van der Waals surface area contributed by atoms with E-state index in [1.54, 1.807) is 40.0 Å². The molecule has 0 saturated heterocycles. The zero-order valence-corrected chi connectivity index (χ0v) is 21.4. The number of amides is 3. The third kappa shape index (κ3) is 8.49. The average Bonchev–Trinajstić information content (AvgIpc) is 2.83. The van der Waals surface area contributed by atoms with Crippen molar-refractivity contribution in [1.82, 2.24) is 15.3 Å². The van der Waals surface area contributed by atoms with E-state index in [2.05, 4.69) is 5.43 Å². The highest BCUT2D eigenvalue weighted by Crippen LogP contribution is 2.25. The lowest BCUT2D eigenvalue weighted by molar-refractivity contribution is -0.151. The zero-order valence-electron chi connectivity index (χ0n) is 21.4. The zero-order chi connectivity index (χ0) is 26.0. The van der Waals surface area contributed by atoms with Crippen molar-refractivity contribution in [1.29, 1.82) is 0 Å². The predicted octanol–water partition coefficient (Wildman–Crippen LogP) is 2.53. The Morgan fingerprint density at radius 3 is 2.03 bits per heavy atom. The van der Waals surface area contributed by atoms with Crippen LogP contribution in [-0.4, -0.2) is 60.4 Å². The first kappa shape index (κ1) is 28.0. The Hall–Kier alpha value is -3.23. The molecule has 0 aliphatic carbocycles. The normalized spacial score (nSPS) is 14.6. The van der Waals surface area contributed by atoms with Crippen molar-refractivity contribution in [2.24, 2.45) is 11.7 Å². The van der Waals surface area contributed by atoms with Crippen molar-refractivity contribution in [2.45, 2.75) is 51.4 Å². The molecule has 2 rings (SSSR count). The van der Waals surface area contributed by atoms with Crippen LogP contribution in [0.4, 0.5) is 0 Å². The van der Waals surface area contributed by atoms with Gasteiger partial charge in [0.05, 0.1) is 6.61 Å². The monoisotopic (exact) mass is 482 g/mol. The van der Waals surface area contributed by atoms with E-state index in [9.17, 15) is 14.4 Å². The molecule has 0 spiro atoms. The Kier molecular flexibility index (Phi) is 10.4. The van der Waals surface area contributed by atoms with E-state index in [1.165, 1.54) is 4.90 Å². The molecule has 35 heavy (non-hydrogen) atoms. The summed E-state index contributed by atoms with van der Waals surface area (Å²) in [6.07, 6.45) is 1.19. The van der Waals surface area contributed by atoms with Gasteiger partial charge in [0.25, 0.3) is 5.91 Å². The maximum absolute atomic E-state index is 13.4. The predicted molar refractivity (Wildman–Crippen MR) is 136 cm³/mol. The number of likely N-dealkylation sites (N-methyl/N-ethyl adjacent to an activating group) is 1. The molecule has 8 nitrogen and oxygen atoms in total. The fraction of sp³-hybridized carbons (Fsp3) is 0.444. The molecule has 3 atom stereocenters. The third-order valence-electron chi connectivity index (χ3n) is 6.04. The lowest BCUT2D eigenvalue weighted by Crippen LogP contribution is -2.53. The second-order valence-electron chi connectivity index (χ2n) is 9.33. The van der Waals surface area contributed by atoms with Crippen LogP contribution in [0.15, 0.2) is 60.7 Å². The van der Waals surface area contributed by atoms with Gasteiger partial charge in [0, 0.05) is 27.1 Å². The van der Waals surface area contributed by atoms with Crippen LogP contribution in [0.3, 0.4) is 0 Å². The molecule has 190 valence electrons. The van der Waals surface area contributed by atoms with Crippen molar-refractivity contribution < 1.29 is 19.1 Å². The van der Waals surface area contributed by atoms with E-state index in [-0.39, 0.29) is 24.8 Å². The first-order valence-corrected chi connectivity index (χ1v) is 11.8. The van der Waals surface area contributed by atoms with Gasteiger partial charge in [-0.15, -0.1) is 0 Å². The number of hydrogen-bond donors (Lipinski definition) is 2. The van der Waals surface area contributed by atoms with Gasteiger partial charge in [0.15, 0.2) is 0 Å². The number of primary amides is 1. The van der Waals surface area contributed by atoms with Crippen LogP contribution in [0.5, 0.6) is 0 Å². The average molecular weight is 483 g/mol. The molecule has 0 fully saturated rings. The van der Waals surface area contributed by atoms with Gasteiger partial charge in [0.1, 0.15) is 11.6 Å². The molecular formula is C27H38N4O4. The van der Waals surface area contributed by atoms with Crippen LogP contribution in [0, 0.1) is 5.92 Å². The lowest BCUT2D eigenvalue weighted by Gasteiger charge is -2.33. The minimum absolute atomic E-state index is 0.0963. The largest absolute Gasteiger partial charge is 0.367 e. The molecule has 0 aliphatic heterocycles. The number of rotatable bonds is 13. The lowest BCUT2D eigenvalue weighted by atomic mass is 9.90. The Bertz CT molecular complexity index is 968. The molecule has 0 saturated carbocycles. The van der Waals surface area contributed by atoms with Gasteiger partial charge in [-0.1, -0.05) is 67.6 Å². The maximum Gasteiger partial charge on any atom is 0.257 e. The number of aryl methyl sites for hydroxylation is 1. The van der Waals surface area contributed by atoms with E-state index in [4.69, 9.17) is 10.5 Å². The number of hydrogen-bond acceptors (Lipinski definition) is 5. The van der Waals surface area contributed by atoms with Gasteiger partial charge in [-0.25, -0.2) is 5.01 Å². The minimum atomic E-state index is -1.34. The highest BCUT2D eigenvalue weighted by Gasteiger charge is 2.38. The summed E-state index contributed by atoms with van der Waals surface area (Å²) in [5.74, 6) is -1.76. The number of hydrazine groups is 1. The summed E-state index contributed by atoms with van der Waals surface area (Å²) < 4.78 is 5.91. The summed E-state index contributed by atoms with van der Waals surface area (Å²) in [7, 11) is 5.06. The molecule has 0 aromatic heterocycles. The van der Waals surface area contributed by atoms with Crippen molar-refractivity contribution in [2.75, 3.05) is 21.1 Å². The van der Waals surface area contributed by atoms with Crippen LogP contribution < -0.4 is 11.2 Å². The molecule has 2 aromatic rings. The summed E-state index contributed by atoms with van der Waals surface area (Å²) in [5.41, 5.74) is 9.08. The quantitative estimate of drug-likeness (QED) is 0.427. The second-order valence-corrected chi connectivity index (χ2v) is 9.33. The molecule has 2 aromatic carbocycles. The topological polar surface area (TPSA) is 105 Å². The van der Waals surface area contributed by atoms with Crippen LogP contribution in [-0.2, 0) is 32.1 Å². The smallest absolute Gasteiger partial charge is 0.257 e. The van der Waals surface area contributed by atoms with Crippen molar-refractivity contribution in [3.05, 3.63) is 71.8 Å². The fourth-order valence-electron chi connectivity index (χ4n) is 3.96. The first-order chi connectivity index (χ1) is 16.5. The summed E-state index contributed by atoms with van der Waals surface area (Å²) >= 11 is 0. The molecule has 2 unspecified atom stereocenters. The highest BCUT2D eigenvalue weighted by molar-refractivity contribution is 5.89. The van der Waals surface area contributed by atoms with Crippen molar-refractivity contribution in [3.8, 4) is 0 Å².